The molecule has 1 aromatic carbocycles. The first kappa shape index (κ1) is 14.7. The minimum atomic E-state index is 0.0857. The van der Waals surface area contributed by atoms with E-state index < -0.39 is 0 Å². The van der Waals surface area contributed by atoms with Crippen molar-refractivity contribution >= 4 is 17.3 Å². The van der Waals surface area contributed by atoms with Gasteiger partial charge in [0, 0.05) is 31.5 Å². The van der Waals surface area contributed by atoms with Gasteiger partial charge in [0.15, 0.2) is 0 Å². The summed E-state index contributed by atoms with van der Waals surface area (Å²) in [5, 5.41) is 6.39. The first-order valence-corrected chi connectivity index (χ1v) is 7.41. The highest BCUT2D eigenvalue weighted by atomic mass is 16.2. The minimum absolute atomic E-state index is 0.0857. The van der Waals surface area contributed by atoms with Crippen LogP contribution in [0.4, 0.5) is 11.4 Å². The lowest BCUT2D eigenvalue weighted by Gasteiger charge is -2.27. The van der Waals surface area contributed by atoms with Gasteiger partial charge in [-0.15, -0.1) is 0 Å². The quantitative estimate of drug-likeness (QED) is 0.866. The number of rotatable bonds is 5. The molecule has 0 aliphatic carbocycles. The molecule has 20 heavy (non-hydrogen) atoms. The Balaban J connectivity index is 2.02. The van der Waals surface area contributed by atoms with Crippen molar-refractivity contribution < 1.29 is 4.79 Å². The highest BCUT2D eigenvalue weighted by Gasteiger charge is 2.16. The minimum Gasteiger partial charge on any atom is -0.385 e. The van der Waals surface area contributed by atoms with Crippen LogP contribution in [-0.4, -0.2) is 32.6 Å². The Morgan fingerprint density at radius 3 is 3.00 bits per heavy atom. The van der Waals surface area contributed by atoms with Gasteiger partial charge in [0.2, 0.25) is 5.91 Å². The molecule has 0 fully saturated rings. The van der Waals surface area contributed by atoms with Crippen molar-refractivity contribution in [1.82, 2.24) is 5.32 Å². The second-order valence-electron chi connectivity index (χ2n) is 5.89. The van der Waals surface area contributed by atoms with Crippen LogP contribution in [0.15, 0.2) is 18.2 Å². The Bertz CT molecular complexity index is 471. The number of benzene rings is 1. The number of amides is 1. The van der Waals surface area contributed by atoms with E-state index in [0.717, 1.165) is 31.6 Å². The third kappa shape index (κ3) is 3.65. The van der Waals surface area contributed by atoms with Crippen LogP contribution in [0.5, 0.6) is 0 Å². The number of nitrogens with zero attached hydrogens (tertiary/aromatic N) is 1. The fraction of sp³-hybridized carbons (Fsp3) is 0.562. The molecular weight excluding hydrogens is 250 g/mol. The number of anilines is 2. The Hall–Kier alpha value is -1.71. The summed E-state index contributed by atoms with van der Waals surface area (Å²) >= 11 is 0. The van der Waals surface area contributed by atoms with Gasteiger partial charge in [0.05, 0.1) is 6.54 Å². The molecule has 2 N–H and O–H groups in total. The van der Waals surface area contributed by atoms with Crippen molar-refractivity contribution in [2.45, 2.75) is 26.7 Å². The number of hydrogen-bond acceptors (Lipinski definition) is 3. The van der Waals surface area contributed by atoms with Crippen LogP contribution < -0.4 is 15.5 Å². The van der Waals surface area contributed by atoms with E-state index in [-0.39, 0.29) is 5.91 Å². The smallest absolute Gasteiger partial charge is 0.239 e. The van der Waals surface area contributed by atoms with Crippen LogP contribution in [-0.2, 0) is 11.2 Å². The van der Waals surface area contributed by atoms with Crippen molar-refractivity contribution in [3.8, 4) is 0 Å². The molecule has 0 spiro atoms. The van der Waals surface area contributed by atoms with E-state index in [9.17, 15) is 4.79 Å². The van der Waals surface area contributed by atoms with Gasteiger partial charge in [-0.3, -0.25) is 4.79 Å². The van der Waals surface area contributed by atoms with Crippen LogP contribution in [0.1, 0.15) is 25.8 Å². The standard InChI is InChI=1S/C16H25N3O/c1-12(2)10-18-16(20)11-19(3)15-8-4-7-14-13(15)6-5-9-17-14/h4,7-8,12,17H,5-6,9-11H2,1-3H3,(H,18,20). The van der Waals surface area contributed by atoms with E-state index in [1.807, 2.05) is 11.9 Å². The maximum atomic E-state index is 11.9. The zero-order valence-electron chi connectivity index (χ0n) is 12.7. The van der Waals surface area contributed by atoms with Crippen LogP contribution in [0.25, 0.3) is 0 Å². The van der Waals surface area contributed by atoms with E-state index in [4.69, 9.17) is 0 Å². The zero-order valence-corrected chi connectivity index (χ0v) is 12.7. The van der Waals surface area contributed by atoms with Crippen molar-refractivity contribution in [3.63, 3.8) is 0 Å². The van der Waals surface area contributed by atoms with Crippen LogP contribution in [0.2, 0.25) is 0 Å². The summed E-state index contributed by atoms with van der Waals surface area (Å²) in [5.41, 5.74) is 3.70. The summed E-state index contributed by atoms with van der Waals surface area (Å²) in [6.07, 6.45) is 2.23. The van der Waals surface area contributed by atoms with Gasteiger partial charge >= 0.3 is 0 Å². The van der Waals surface area contributed by atoms with Crippen molar-refractivity contribution in [2.75, 3.05) is 36.9 Å². The molecule has 0 saturated carbocycles. The van der Waals surface area contributed by atoms with Gasteiger partial charge in [0.25, 0.3) is 0 Å². The Kier molecular flexibility index (Phi) is 4.88. The average molecular weight is 275 g/mol. The van der Waals surface area contributed by atoms with Crippen molar-refractivity contribution in [3.05, 3.63) is 23.8 Å². The van der Waals surface area contributed by atoms with E-state index in [0.29, 0.717) is 12.5 Å². The molecule has 1 aliphatic heterocycles. The van der Waals surface area contributed by atoms with Crippen molar-refractivity contribution in [1.29, 1.82) is 0 Å². The molecule has 2 rings (SSSR count). The summed E-state index contributed by atoms with van der Waals surface area (Å²) in [6.45, 7) is 6.38. The molecular formula is C16H25N3O. The third-order valence-corrected chi connectivity index (χ3v) is 3.57. The van der Waals surface area contributed by atoms with Gasteiger partial charge in [-0.1, -0.05) is 19.9 Å². The number of fused-ring (bicyclic) bond motifs is 1. The lowest BCUT2D eigenvalue weighted by atomic mass is 10.0. The SMILES string of the molecule is CC(C)CNC(=O)CN(C)c1cccc2c1CCCN2. The highest BCUT2D eigenvalue weighted by molar-refractivity contribution is 5.82. The van der Waals surface area contributed by atoms with E-state index in [1.165, 1.54) is 11.3 Å². The lowest BCUT2D eigenvalue weighted by Crippen LogP contribution is -2.37. The first-order valence-electron chi connectivity index (χ1n) is 7.41. The maximum Gasteiger partial charge on any atom is 0.239 e. The summed E-state index contributed by atoms with van der Waals surface area (Å²) in [6, 6.07) is 6.27. The van der Waals surface area contributed by atoms with Crippen LogP contribution >= 0.6 is 0 Å². The summed E-state index contributed by atoms with van der Waals surface area (Å²) in [4.78, 5) is 14.0. The van der Waals surface area contributed by atoms with E-state index in [1.54, 1.807) is 0 Å². The second kappa shape index (κ2) is 6.64. The molecule has 0 saturated heterocycles. The fourth-order valence-corrected chi connectivity index (χ4v) is 2.52. The summed E-state index contributed by atoms with van der Waals surface area (Å²) < 4.78 is 0. The summed E-state index contributed by atoms with van der Waals surface area (Å²) in [5.74, 6) is 0.570. The lowest BCUT2D eigenvalue weighted by molar-refractivity contribution is -0.119. The molecule has 1 amide bonds. The average Bonchev–Trinajstić information content (AvgIpc) is 2.44. The molecule has 1 heterocycles. The van der Waals surface area contributed by atoms with E-state index >= 15 is 0 Å². The third-order valence-electron chi connectivity index (χ3n) is 3.57. The van der Waals surface area contributed by atoms with Crippen LogP contribution in [0.3, 0.4) is 0 Å². The predicted molar refractivity (Wildman–Crippen MR) is 84.4 cm³/mol. The number of carbonyl (C=O) groups is 1. The molecule has 1 aromatic rings. The molecule has 0 bridgehead atoms. The van der Waals surface area contributed by atoms with E-state index in [2.05, 4.69) is 42.7 Å². The molecule has 4 nitrogen and oxygen atoms in total. The van der Waals surface area contributed by atoms with Gasteiger partial charge in [-0.2, -0.15) is 0 Å². The van der Waals surface area contributed by atoms with Gasteiger partial charge in [0.1, 0.15) is 0 Å². The number of carbonyl (C=O) groups excluding carboxylic acids is 1. The Labute approximate surface area is 121 Å². The number of likely N-dealkylation sites (N-methyl/N-ethyl adjacent to an activating group) is 1. The first-order chi connectivity index (χ1) is 9.58. The van der Waals surface area contributed by atoms with Gasteiger partial charge in [-0.25, -0.2) is 0 Å². The topological polar surface area (TPSA) is 44.4 Å². The second-order valence-corrected chi connectivity index (χ2v) is 5.89. The molecule has 4 heteroatoms. The van der Waals surface area contributed by atoms with Crippen LogP contribution in [0, 0.1) is 5.92 Å². The van der Waals surface area contributed by atoms with Crippen molar-refractivity contribution in [2.24, 2.45) is 5.92 Å². The monoisotopic (exact) mass is 275 g/mol. The Morgan fingerprint density at radius 1 is 1.45 bits per heavy atom. The van der Waals surface area contributed by atoms with Gasteiger partial charge < -0.3 is 15.5 Å². The van der Waals surface area contributed by atoms with Gasteiger partial charge in [-0.05, 0) is 36.5 Å². The fourth-order valence-electron chi connectivity index (χ4n) is 2.52. The molecule has 0 atom stereocenters. The molecule has 1 aliphatic rings. The highest BCUT2D eigenvalue weighted by Crippen LogP contribution is 2.30. The molecule has 0 unspecified atom stereocenters. The molecule has 0 aromatic heterocycles. The largest absolute Gasteiger partial charge is 0.385 e. The predicted octanol–water partition coefficient (Wildman–Crippen LogP) is 2.25. The molecule has 0 radical (unpaired) electrons. The Morgan fingerprint density at radius 2 is 2.25 bits per heavy atom. The number of hydrogen-bond donors (Lipinski definition) is 2. The number of nitrogens with one attached hydrogen (secondary N) is 2. The zero-order chi connectivity index (χ0) is 14.5. The normalized spacial score (nSPS) is 13.6. The maximum absolute atomic E-state index is 11.9. The summed E-state index contributed by atoms with van der Waals surface area (Å²) in [7, 11) is 1.99. The molecule has 110 valence electrons.